The van der Waals surface area contributed by atoms with Gasteiger partial charge in [0, 0.05) is 17.7 Å². The van der Waals surface area contributed by atoms with E-state index < -0.39 is 0 Å². The third kappa shape index (κ3) is 3.12. The van der Waals surface area contributed by atoms with E-state index in [1.165, 1.54) is 11.1 Å². The van der Waals surface area contributed by atoms with Crippen LogP contribution < -0.4 is 0 Å². The molecule has 0 radical (unpaired) electrons. The largest absolute Gasteiger partial charge is 0.245 e. The van der Waals surface area contributed by atoms with Crippen LogP contribution in [0.5, 0.6) is 0 Å². The number of nitriles is 1. The molecule has 1 heterocycles. The van der Waals surface area contributed by atoms with Crippen molar-refractivity contribution in [1.29, 1.82) is 5.26 Å². The quantitative estimate of drug-likeness (QED) is 0.834. The summed E-state index contributed by atoms with van der Waals surface area (Å²) in [7, 11) is 0. The predicted octanol–water partition coefficient (Wildman–Crippen LogP) is 3.70. The minimum atomic E-state index is 0.537. The Hall–Kier alpha value is -1.79. The van der Waals surface area contributed by atoms with E-state index in [9.17, 15) is 0 Å². The van der Waals surface area contributed by atoms with Crippen LogP contribution in [0.15, 0.2) is 42.6 Å². The summed E-state index contributed by atoms with van der Waals surface area (Å²) < 4.78 is 0. The summed E-state index contributed by atoms with van der Waals surface area (Å²) in [6, 6.07) is 14.4. The highest BCUT2D eigenvalue weighted by atomic mass is 32.2. The normalized spacial score (nSPS) is 10.0. The molecule has 0 aliphatic carbocycles. The van der Waals surface area contributed by atoms with E-state index >= 15 is 0 Å². The molecule has 0 N–H and O–H groups in total. The van der Waals surface area contributed by atoms with Gasteiger partial charge in [-0.05, 0) is 29.7 Å². The van der Waals surface area contributed by atoms with E-state index in [-0.39, 0.29) is 0 Å². The second-order valence-electron chi connectivity index (χ2n) is 4.04. The molecule has 18 heavy (non-hydrogen) atoms. The second kappa shape index (κ2) is 6.23. The molecular formula is C15H14N2S. The summed E-state index contributed by atoms with van der Waals surface area (Å²) in [5, 5.41) is 8.96. The lowest BCUT2D eigenvalue weighted by Gasteiger charge is -2.06. The number of aryl methyl sites for hydroxylation is 1. The van der Waals surface area contributed by atoms with Gasteiger partial charge in [0.05, 0.1) is 0 Å². The van der Waals surface area contributed by atoms with Gasteiger partial charge in [0.25, 0.3) is 0 Å². The minimum absolute atomic E-state index is 0.537. The van der Waals surface area contributed by atoms with Crippen molar-refractivity contribution in [3.8, 4) is 6.07 Å². The van der Waals surface area contributed by atoms with Gasteiger partial charge in [-0.25, -0.2) is 4.98 Å². The second-order valence-corrected chi connectivity index (χ2v) is 5.03. The van der Waals surface area contributed by atoms with Gasteiger partial charge >= 0.3 is 0 Å². The lowest BCUT2D eigenvalue weighted by Crippen LogP contribution is -1.92. The fourth-order valence-corrected chi connectivity index (χ4v) is 2.80. The van der Waals surface area contributed by atoms with Crippen LogP contribution in [0.4, 0.5) is 0 Å². The number of pyridine rings is 1. The summed E-state index contributed by atoms with van der Waals surface area (Å²) in [4.78, 5) is 4.07. The van der Waals surface area contributed by atoms with Crippen LogP contribution in [0.1, 0.15) is 22.4 Å². The lowest BCUT2D eigenvalue weighted by atomic mass is 10.1. The van der Waals surface area contributed by atoms with Gasteiger partial charge in [0.15, 0.2) is 0 Å². The van der Waals surface area contributed by atoms with Crippen LogP contribution >= 0.6 is 11.8 Å². The maximum absolute atomic E-state index is 8.96. The Labute approximate surface area is 112 Å². The SMILES string of the molecule is Cc1ccccc1CSCc1cccnc1C#N. The molecule has 2 rings (SSSR count). The molecule has 0 fully saturated rings. The number of nitrogens with zero attached hydrogens (tertiary/aromatic N) is 2. The van der Waals surface area contributed by atoms with Gasteiger partial charge in [0.1, 0.15) is 11.8 Å². The molecule has 1 aromatic carbocycles. The van der Waals surface area contributed by atoms with Crippen molar-refractivity contribution < 1.29 is 0 Å². The summed E-state index contributed by atoms with van der Waals surface area (Å²) in [5.74, 6) is 1.79. The Morgan fingerprint density at radius 3 is 2.61 bits per heavy atom. The summed E-state index contributed by atoms with van der Waals surface area (Å²) in [6.45, 7) is 2.13. The molecule has 0 aliphatic heterocycles. The highest BCUT2D eigenvalue weighted by Crippen LogP contribution is 2.20. The molecule has 0 saturated heterocycles. The number of hydrogen-bond acceptors (Lipinski definition) is 3. The van der Waals surface area contributed by atoms with Crippen LogP contribution in [0.25, 0.3) is 0 Å². The van der Waals surface area contributed by atoms with Crippen LogP contribution in [0.2, 0.25) is 0 Å². The summed E-state index contributed by atoms with van der Waals surface area (Å²) >= 11 is 1.81. The Balaban J connectivity index is 1.97. The monoisotopic (exact) mass is 254 g/mol. The summed E-state index contributed by atoms with van der Waals surface area (Å²) in [5.41, 5.74) is 4.22. The van der Waals surface area contributed by atoms with E-state index in [0.29, 0.717) is 5.69 Å². The maximum atomic E-state index is 8.96. The average Bonchev–Trinajstić information content (AvgIpc) is 2.41. The van der Waals surface area contributed by atoms with Crippen molar-refractivity contribution in [2.24, 2.45) is 0 Å². The summed E-state index contributed by atoms with van der Waals surface area (Å²) in [6.07, 6.45) is 1.66. The van der Waals surface area contributed by atoms with Crippen molar-refractivity contribution in [2.75, 3.05) is 0 Å². The maximum Gasteiger partial charge on any atom is 0.144 e. The molecule has 3 heteroatoms. The molecule has 0 spiro atoms. The van der Waals surface area contributed by atoms with Crippen molar-refractivity contribution in [3.05, 3.63) is 65.0 Å². The van der Waals surface area contributed by atoms with E-state index in [1.807, 2.05) is 23.9 Å². The van der Waals surface area contributed by atoms with Gasteiger partial charge in [-0.1, -0.05) is 30.3 Å². The minimum Gasteiger partial charge on any atom is -0.245 e. The fourth-order valence-electron chi connectivity index (χ4n) is 1.70. The third-order valence-corrected chi connectivity index (χ3v) is 3.80. The van der Waals surface area contributed by atoms with Crippen LogP contribution in [0, 0.1) is 18.3 Å². The lowest BCUT2D eigenvalue weighted by molar-refractivity contribution is 1.19. The van der Waals surface area contributed by atoms with Gasteiger partial charge in [0.2, 0.25) is 0 Å². The van der Waals surface area contributed by atoms with E-state index in [0.717, 1.165) is 17.1 Å². The van der Waals surface area contributed by atoms with E-state index in [4.69, 9.17) is 5.26 Å². The fraction of sp³-hybridized carbons (Fsp3) is 0.200. The molecule has 0 atom stereocenters. The van der Waals surface area contributed by atoms with E-state index in [2.05, 4.69) is 42.2 Å². The molecule has 1 aromatic heterocycles. The Bertz CT molecular complexity index is 573. The molecular weight excluding hydrogens is 240 g/mol. The molecule has 2 aromatic rings. The number of thioether (sulfide) groups is 1. The van der Waals surface area contributed by atoms with Crippen molar-refractivity contribution >= 4 is 11.8 Å². The molecule has 0 unspecified atom stereocenters. The first-order valence-electron chi connectivity index (χ1n) is 5.77. The molecule has 0 amide bonds. The number of rotatable bonds is 4. The van der Waals surface area contributed by atoms with Crippen LogP contribution in [0.3, 0.4) is 0 Å². The zero-order valence-corrected chi connectivity index (χ0v) is 11.1. The zero-order chi connectivity index (χ0) is 12.8. The standard InChI is InChI=1S/C15H14N2S/c1-12-5-2-3-6-13(12)10-18-11-14-7-4-8-17-15(14)9-16/h2-8H,10-11H2,1H3. The van der Waals surface area contributed by atoms with Crippen molar-refractivity contribution in [2.45, 2.75) is 18.4 Å². The Kier molecular flexibility index (Phi) is 4.38. The number of benzene rings is 1. The zero-order valence-electron chi connectivity index (χ0n) is 10.3. The Morgan fingerprint density at radius 1 is 1.11 bits per heavy atom. The smallest absolute Gasteiger partial charge is 0.144 e. The van der Waals surface area contributed by atoms with Crippen LogP contribution in [-0.2, 0) is 11.5 Å². The Morgan fingerprint density at radius 2 is 1.83 bits per heavy atom. The average molecular weight is 254 g/mol. The first-order valence-corrected chi connectivity index (χ1v) is 6.93. The molecule has 0 aliphatic rings. The third-order valence-electron chi connectivity index (χ3n) is 2.77. The molecule has 0 saturated carbocycles. The number of aromatic nitrogens is 1. The van der Waals surface area contributed by atoms with Gasteiger partial charge < -0.3 is 0 Å². The van der Waals surface area contributed by atoms with Gasteiger partial charge in [-0.15, -0.1) is 0 Å². The van der Waals surface area contributed by atoms with Gasteiger partial charge in [-0.3, -0.25) is 0 Å². The predicted molar refractivity (Wildman–Crippen MR) is 75.1 cm³/mol. The van der Waals surface area contributed by atoms with E-state index in [1.54, 1.807) is 6.20 Å². The number of hydrogen-bond donors (Lipinski definition) is 0. The topological polar surface area (TPSA) is 36.7 Å². The first kappa shape index (κ1) is 12.7. The first-order chi connectivity index (χ1) is 8.81. The van der Waals surface area contributed by atoms with Crippen molar-refractivity contribution in [1.82, 2.24) is 4.98 Å². The molecule has 90 valence electrons. The van der Waals surface area contributed by atoms with Gasteiger partial charge in [-0.2, -0.15) is 17.0 Å². The van der Waals surface area contributed by atoms with Crippen LogP contribution in [-0.4, -0.2) is 4.98 Å². The molecule has 0 bridgehead atoms. The highest BCUT2D eigenvalue weighted by molar-refractivity contribution is 7.97. The highest BCUT2D eigenvalue weighted by Gasteiger charge is 2.03. The molecule has 2 nitrogen and oxygen atoms in total. The van der Waals surface area contributed by atoms with Crippen molar-refractivity contribution in [3.63, 3.8) is 0 Å².